The van der Waals surface area contributed by atoms with Gasteiger partial charge in [0.05, 0.1) is 28.7 Å². The summed E-state index contributed by atoms with van der Waals surface area (Å²) >= 11 is 0. The average molecular weight is 468 g/mol. The number of amides is 2. The molecule has 178 valence electrons. The molecule has 2 N–H and O–H groups in total. The molecular weight excluding hydrogens is 444 g/mol. The van der Waals surface area contributed by atoms with E-state index in [-0.39, 0.29) is 40.3 Å². The normalized spacial score (nSPS) is 14.2. The first-order chi connectivity index (χ1) is 16.3. The maximum atomic E-state index is 13.1. The van der Waals surface area contributed by atoms with Crippen molar-refractivity contribution in [2.45, 2.75) is 32.1 Å². The zero-order valence-electron chi connectivity index (χ0n) is 18.5. The van der Waals surface area contributed by atoms with Crippen molar-refractivity contribution < 1.29 is 24.2 Å². The van der Waals surface area contributed by atoms with Gasteiger partial charge < -0.3 is 15.4 Å². The van der Waals surface area contributed by atoms with E-state index in [9.17, 15) is 29.8 Å². The van der Waals surface area contributed by atoms with E-state index >= 15 is 0 Å². The highest BCUT2D eigenvalue weighted by molar-refractivity contribution is 6.09. The van der Waals surface area contributed by atoms with Gasteiger partial charge in [-0.25, -0.2) is 0 Å². The summed E-state index contributed by atoms with van der Waals surface area (Å²) in [5, 5.41) is 27.4. The molecule has 2 amide bonds. The SMILES string of the molecule is COc1cc([N+](=O)[O-])ccc1NC(=O)/C(=C/c1cccc([N+](=O)[O-])c1)NC(=O)C1CCCCC1. The van der Waals surface area contributed by atoms with Gasteiger partial charge in [-0.05, 0) is 30.5 Å². The van der Waals surface area contributed by atoms with Crippen LogP contribution in [0.4, 0.5) is 17.1 Å². The lowest BCUT2D eigenvalue weighted by molar-refractivity contribution is -0.385. The molecule has 1 fully saturated rings. The highest BCUT2D eigenvalue weighted by Gasteiger charge is 2.24. The monoisotopic (exact) mass is 468 g/mol. The van der Waals surface area contributed by atoms with Crippen LogP contribution in [-0.4, -0.2) is 28.8 Å². The van der Waals surface area contributed by atoms with Gasteiger partial charge >= 0.3 is 0 Å². The van der Waals surface area contributed by atoms with Gasteiger partial charge in [-0.2, -0.15) is 0 Å². The number of hydrogen-bond acceptors (Lipinski definition) is 7. The number of nitro groups is 2. The molecule has 0 spiro atoms. The number of methoxy groups -OCH3 is 1. The molecule has 11 heteroatoms. The summed E-state index contributed by atoms with van der Waals surface area (Å²) in [5.74, 6) is -1.18. The molecular formula is C23H24N4O7. The number of carbonyl (C=O) groups is 2. The van der Waals surface area contributed by atoms with Crippen molar-refractivity contribution in [1.29, 1.82) is 0 Å². The fourth-order valence-electron chi connectivity index (χ4n) is 3.74. The molecule has 0 bridgehead atoms. The van der Waals surface area contributed by atoms with Crippen LogP contribution in [-0.2, 0) is 9.59 Å². The van der Waals surface area contributed by atoms with Gasteiger partial charge in [-0.15, -0.1) is 0 Å². The summed E-state index contributed by atoms with van der Waals surface area (Å²) in [5.41, 5.74) is 0.0161. The number of hydrogen-bond donors (Lipinski definition) is 2. The Balaban J connectivity index is 1.91. The van der Waals surface area contributed by atoms with Crippen LogP contribution in [0.3, 0.4) is 0 Å². The van der Waals surface area contributed by atoms with Crippen LogP contribution in [0.15, 0.2) is 48.2 Å². The summed E-state index contributed by atoms with van der Waals surface area (Å²) in [6, 6.07) is 9.35. The maximum absolute atomic E-state index is 13.1. The molecule has 0 radical (unpaired) electrons. The van der Waals surface area contributed by atoms with E-state index in [0.29, 0.717) is 18.4 Å². The predicted molar refractivity (Wildman–Crippen MR) is 124 cm³/mol. The Morgan fingerprint density at radius 3 is 2.32 bits per heavy atom. The third-order valence-corrected chi connectivity index (χ3v) is 5.51. The van der Waals surface area contributed by atoms with Crippen LogP contribution in [0.2, 0.25) is 0 Å². The lowest BCUT2D eigenvalue weighted by Crippen LogP contribution is -2.35. The molecule has 0 heterocycles. The number of nitrogens with one attached hydrogen (secondary N) is 2. The van der Waals surface area contributed by atoms with Gasteiger partial charge in [0.25, 0.3) is 17.3 Å². The number of rotatable bonds is 8. The van der Waals surface area contributed by atoms with E-state index < -0.39 is 15.8 Å². The summed E-state index contributed by atoms with van der Waals surface area (Å²) in [7, 11) is 1.30. The molecule has 1 saturated carbocycles. The number of benzene rings is 2. The number of nitro benzene ring substituents is 2. The van der Waals surface area contributed by atoms with Crippen molar-refractivity contribution in [3.63, 3.8) is 0 Å². The fraction of sp³-hybridized carbons (Fsp3) is 0.304. The van der Waals surface area contributed by atoms with Crippen molar-refractivity contribution in [3.05, 3.63) is 74.0 Å². The minimum Gasteiger partial charge on any atom is -0.494 e. The predicted octanol–water partition coefficient (Wildman–Crippen LogP) is 4.19. The van der Waals surface area contributed by atoms with E-state index in [4.69, 9.17) is 4.74 Å². The van der Waals surface area contributed by atoms with Crippen molar-refractivity contribution >= 4 is 35.0 Å². The molecule has 1 aliphatic rings. The highest BCUT2D eigenvalue weighted by Crippen LogP contribution is 2.30. The Morgan fingerprint density at radius 1 is 1.00 bits per heavy atom. The van der Waals surface area contributed by atoms with Crippen LogP contribution in [0.1, 0.15) is 37.7 Å². The number of non-ortho nitro benzene ring substituents is 2. The first kappa shape index (κ1) is 24.4. The Labute approximate surface area is 195 Å². The van der Waals surface area contributed by atoms with E-state index in [1.807, 2.05) is 0 Å². The molecule has 34 heavy (non-hydrogen) atoms. The maximum Gasteiger partial charge on any atom is 0.273 e. The quantitative estimate of drug-likeness (QED) is 0.334. The van der Waals surface area contributed by atoms with Gasteiger partial charge in [-0.1, -0.05) is 31.4 Å². The second-order valence-electron chi connectivity index (χ2n) is 7.83. The lowest BCUT2D eigenvalue weighted by Gasteiger charge is -2.21. The van der Waals surface area contributed by atoms with Crippen LogP contribution in [0.5, 0.6) is 5.75 Å². The van der Waals surface area contributed by atoms with Crippen LogP contribution in [0.25, 0.3) is 6.08 Å². The smallest absolute Gasteiger partial charge is 0.273 e. The van der Waals surface area contributed by atoms with Gasteiger partial charge in [-0.3, -0.25) is 29.8 Å². The second kappa shape index (κ2) is 11.0. The first-order valence-electron chi connectivity index (χ1n) is 10.7. The molecule has 0 unspecified atom stereocenters. The summed E-state index contributed by atoms with van der Waals surface area (Å²) in [6.07, 6.45) is 5.69. The number of nitrogens with zero attached hydrogens (tertiary/aromatic N) is 2. The molecule has 0 aromatic heterocycles. The highest BCUT2D eigenvalue weighted by atomic mass is 16.6. The van der Waals surface area contributed by atoms with Crippen molar-refractivity contribution in [2.75, 3.05) is 12.4 Å². The van der Waals surface area contributed by atoms with E-state index in [0.717, 1.165) is 19.3 Å². The Kier molecular flexibility index (Phi) is 7.91. The standard InChI is InChI=1S/C23H24N4O7/c1-34-21-14-18(27(32)33)10-11-19(21)24-23(29)20(25-22(28)16-7-3-2-4-8-16)13-15-6-5-9-17(12-15)26(30)31/h5-6,9-14,16H,2-4,7-8H2,1H3,(H,24,29)(H,25,28)/b20-13-. The molecule has 0 saturated heterocycles. The number of anilines is 1. The Hall–Kier alpha value is -4.28. The molecule has 1 aliphatic carbocycles. The van der Waals surface area contributed by atoms with Gasteiger partial charge in [0.1, 0.15) is 11.4 Å². The van der Waals surface area contributed by atoms with Gasteiger partial charge in [0.15, 0.2) is 0 Å². The molecule has 11 nitrogen and oxygen atoms in total. The third kappa shape index (κ3) is 6.15. The zero-order valence-corrected chi connectivity index (χ0v) is 18.5. The minimum atomic E-state index is -0.706. The van der Waals surface area contributed by atoms with Crippen molar-refractivity contribution in [2.24, 2.45) is 5.92 Å². The van der Waals surface area contributed by atoms with Gasteiger partial charge in [0, 0.05) is 24.1 Å². The van der Waals surface area contributed by atoms with Crippen LogP contribution < -0.4 is 15.4 Å². The lowest BCUT2D eigenvalue weighted by atomic mass is 9.88. The zero-order chi connectivity index (χ0) is 24.7. The Bertz CT molecular complexity index is 1140. The topological polar surface area (TPSA) is 154 Å². The summed E-state index contributed by atoms with van der Waals surface area (Å²) < 4.78 is 5.15. The third-order valence-electron chi connectivity index (χ3n) is 5.51. The van der Waals surface area contributed by atoms with Crippen molar-refractivity contribution in [1.82, 2.24) is 5.32 Å². The number of ether oxygens (including phenoxy) is 1. The second-order valence-corrected chi connectivity index (χ2v) is 7.83. The Morgan fingerprint density at radius 2 is 1.68 bits per heavy atom. The molecule has 0 aliphatic heterocycles. The minimum absolute atomic E-state index is 0.0656. The average Bonchev–Trinajstić information content (AvgIpc) is 2.84. The van der Waals surface area contributed by atoms with Crippen LogP contribution >= 0.6 is 0 Å². The van der Waals surface area contributed by atoms with E-state index in [1.54, 1.807) is 6.07 Å². The number of carbonyl (C=O) groups excluding carboxylic acids is 2. The molecule has 2 aromatic rings. The molecule has 2 aromatic carbocycles. The summed E-state index contributed by atoms with van der Waals surface area (Å²) in [4.78, 5) is 46.9. The van der Waals surface area contributed by atoms with Gasteiger partial charge in [0.2, 0.25) is 5.91 Å². The van der Waals surface area contributed by atoms with Crippen molar-refractivity contribution in [3.8, 4) is 5.75 Å². The first-order valence-corrected chi connectivity index (χ1v) is 10.7. The van der Waals surface area contributed by atoms with Crippen LogP contribution in [0, 0.1) is 26.1 Å². The fourth-order valence-corrected chi connectivity index (χ4v) is 3.74. The summed E-state index contributed by atoms with van der Waals surface area (Å²) in [6.45, 7) is 0. The largest absolute Gasteiger partial charge is 0.494 e. The van der Waals surface area contributed by atoms with E-state index in [1.165, 1.54) is 49.6 Å². The molecule has 3 rings (SSSR count). The molecule has 0 atom stereocenters. The van der Waals surface area contributed by atoms with E-state index in [2.05, 4.69) is 10.6 Å².